The SMILES string of the molecule is CCCCCCCCOc1ccc(-c2ccc(C3CCC(OC(=O)[C@@H](F)CCCC)CC3)cc2)cc1. The molecule has 3 nitrogen and oxygen atoms in total. The Morgan fingerprint density at radius 2 is 1.39 bits per heavy atom. The first-order chi connectivity index (χ1) is 17.6. The molecular formula is C32H45FO3. The van der Waals surface area contributed by atoms with Gasteiger partial charge >= 0.3 is 5.97 Å². The summed E-state index contributed by atoms with van der Waals surface area (Å²) in [5, 5.41) is 0. The van der Waals surface area contributed by atoms with Gasteiger partial charge in [-0.1, -0.05) is 95.2 Å². The highest BCUT2D eigenvalue weighted by Crippen LogP contribution is 2.35. The monoisotopic (exact) mass is 496 g/mol. The zero-order valence-corrected chi connectivity index (χ0v) is 22.4. The van der Waals surface area contributed by atoms with Crippen LogP contribution in [0.5, 0.6) is 5.75 Å². The van der Waals surface area contributed by atoms with Crippen molar-refractivity contribution >= 4 is 5.97 Å². The number of carbonyl (C=O) groups is 1. The van der Waals surface area contributed by atoms with Crippen LogP contribution in [0.25, 0.3) is 11.1 Å². The number of ether oxygens (including phenoxy) is 2. The highest BCUT2D eigenvalue weighted by molar-refractivity contribution is 5.74. The third kappa shape index (κ3) is 9.26. The van der Waals surface area contributed by atoms with E-state index in [9.17, 15) is 9.18 Å². The molecule has 0 spiro atoms. The fourth-order valence-corrected chi connectivity index (χ4v) is 5.02. The van der Waals surface area contributed by atoms with Crippen LogP contribution < -0.4 is 4.74 Å². The molecule has 2 aromatic rings. The maximum Gasteiger partial charge on any atom is 0.340 e. The average molecular weight is 497 g/mol. The highest BCUT2D eigenvalue weighted by atomic mass is 19.1. The fraction of sp³-hybridized carbons (Fsp3) is 0.594. The molecular weight excluding hydrogens is 451 g/mol. The van der Waals surface area contributed by atoms with Crippen molar-refractivity contribution in [1.82, 2.24) is 0 Å². The molecule has 0 N–H and O–H groups in total. The van der Waals surface area contributed by atoms with Crippen molar-refractivity contribution in [3.8, 4) is 16.9 Å². The van der Waals surface area contributed by atoms with E-state index in [4.69, 9.17) is 9.47 Å². The van der Waals surface area contributed by atoms with Gasteiger partial charge < -0.3 is 9.47 Å². The standard InChI is InChI=1S/C32H45FO3/c1-3-5-7-8-9-10-24-35-29-20-16-27(17-21-29)25-12-14-26(15-13-25)28-18-22-30(23-19-28)36-32(34)31(33)11-6-4-2/h12-17,20-21,28,30-31H,3-11,18-19,22-24H2,1-2H3/t28?,30?,31-/m0/s1. The number of esters is 1. The lowest BCUT2D eigenvalue weighted by atomic mass is 9.82. The molecule has 0 saturated heterocycles. The number of carbonyl (C=O) groups excluding carboxylic acids is 1. The van der Waals surface area contributed by atoms with Crippen LogP contribution in [0.4, 0.5) is 4.39 Å². The maximum absolute atomic E-state index is 13.9. The normalized spacial score (nSPS) is 18.5. The Morgan fingerprint density at radius 3 is 2.03 bits per heavy atom. The number of hydrogen-bond donors (Lipinski definition) is 0. The largest absolute Gasteiger partial charge is 0.494 e. The molecule has 198 valence electrons. The zero-order chi connectivity index (χ0) is 25.6. The maximum atomic E-state index is 13.9. The van der Waals surface area contributed by atoms with E-state index in [1.165, 1.54) is 48.8 Å². The van der Waals surface area contributed by atoms with Crippen molar-refractivity contribution < 1.29 is 18.7 Å². The predicted molar refractivity (Wildman–Crippen MR) is 146 cm³/mol. The number of unbranched alkanes of at least 4 members (excludes halogenated alkanes) is 6. The summed E-state index contributed by atoms with van der Waals surface area (Å²) in [4.78, 5) is 12.0. The van der Waals surface area contributed by atoms with E-state index in [0.717, 1.165) is 57.3 Å². The van der Waals surface area contributed by atoms with Crippen LogP contribution in [0.1, 0.15) is 109 Å². The Balaban J connectivity index is 1.40. The van der Waals surface area contributed by atoms with Crippen LogP contribution in [0.3, 0.4) is 0 Å². The van der Waals surface area contributed by atoms with Gasteiger partial charge in [0.05, 0.1) is 6.61 Å². The Hall–Kier alpha value is -2.36. The fourth-order valence-electron chi connectivity index (χ4n) is 5.02. The molecule has 0 aromatic heterocycles. The predicted octanol–water partition coefficient (Wildman–Crippen LogP) is 9.19. The molecule has 1 aliphatic rings. The van der Waals surface area contributed by atoms with Crippen molar-refractivity contribution in [2.24, 2.45) is 0 Å². The second-order valence-corrected chi connectivity index (χ2v) is 10.3. The molecule has 4 heteroatoms. The molecule has 2 aromatic carbocycles. The minimum absolute atomic E-state index is 0.144. The van der Waals surface area contributed by atoms with Gasteiger partial charge in [0.1, 0.15) is 11.9 Å². The first kappa shape index (κ1) is 28.2. The Bertz CT molecular complexity index is 869. The molecule has 1 saturated carbocycles. The number of alkyl halides is 1. The quantitative estimate of drug-likeness (QED) is 0.182. The molecule has 0 heterocycles. The van der Waals surface area contributed by atoms with Gasteiger partial charge in [-0.25, -0.2) is 9.18 Å². The molecule has 1 atom stereocenters. The molecule has 0 aliphatic heterocycles. The Labute approximate surface area is 217 Å². The second kappa shape index (κ2) is 15.7. The third-order valence-corrected chi connectivity index (χ3v) is 7.36. The van der Waals surface area contributed by atoms with Crippen LogP contribution in [0.15, 0.2) is 48.5 Å². The summed E-state index contributed by atoms with van der Waals surface area (Å²) in [6, 6.07) is 17.2. The lowest BCUT2D eigenvalue weighted by molar-refractivity contribution is -0.157. The van der Waals surface area contributed by atoms with E-state index in [1.807, 2.05) is 6.92 Å². The van der Waals surface area contributed by atoms with Gasteiger partial charge in [-0.15, -0.1) is 0 Å². The van der Waals surface area contributed by atoms with Crippen LogP contribution >= 0.6 is 0 Å². The molecule has 0 unspecified atom stereocenters. The van der Waals surface area contributed by atoms with Gasteiger partial charge in [0.25, 0.3) is 0 Å². The van der Waals surface area contributed by atoms with Crippen molar-refractivity contribution in [2.75, 3.05) is 6.61 Å². The second-order valence-electron chi connectivity index (χ2n) is 10.3. The van der Waals surface area contributed by atoms with E-state index in [1.54, 1.807) is 0 Å². The zero-order valence-electron chi connectivity index (χ0n) is 22.4. The van der Waals surface area contributed by atoms with Gasteiger partial charge in [0.15, 0.2) is 6.17 Å². The van der Waals surface area contributed by atoms with Crippen LogP contribution in [-0.4, -0.2) is 24.9 Å². The summed E-state index contributed by atoms with van der Waals surface area (Å²) in [5.41, 5.74) is 3.71. The summed E-state index contributed by atoms with van der Waals surface area (Å²) < 4.78 is 25.3. The van der Waals surface area contributed by atoms with Crippen LogP contribution in [0, 0.1) is 0 Å². The highest BCUT2D eigenvalue weighted by Gasteiger charge is 2.27. The van der Waals surface area contributed by atoms with Crippen molar-refractivity contribution in [1.29, 1.82) is 0 Å². The average Bonchev–Trinajstić information content (AvgIpc) is 2.92. The number of hydrogen-bond acceptors (Lipinski definition) is 3. The van der Waals surface area contributed by atoms with E-state index in [0.29, 0.717) is 5.92 Å². The molecule has 1 fully saturated rings. The number of rotatable bonds is 15. The van der Waals surface area contributed by atoms with Crippen LogP contribution in [-0.2, 0) is 9.53 Å². The van der Waals surface area contributed by atoms with Gasteiger partial charge in [-0.05, 0) is 73.3 Å². The Morgan fingerprint density at radius 1 is 0.806 bits per heavy atom. The molecule has 3 rings (SSSR count). The third-order valence-electron chi connectivity index (χ3n) is 7.36. The summed E-state index contributed by atoms with van der Waals surface area (Å²) in [6.07, 6.45) is 11.4. The lowest BCUT2D eigenvalue weighted by Crippen LogP contribution is -2.28. The number of halogens is 1. The molecule has 0 bridgehead atoms. The minimum Gasteiger partial charge on any atom is -0.494 e. The van der Waals surface area contributed by atoms with Gasteiger partial charge in [0, 0.05) is 0 Å². The van der Waals surface area contributed by atoms with Crippen molar-refractivity contribution in [2.45, 2.75) is 116 Å². The first-order valence-corrected chi connectivity index (χ1v) is 14.3. The van der Waals surface area contributed by atoms with Gasteiger partial charge in [-0.2, -0.15) is 0 Å². The minimum atomic E-state index is -1.48. The summed E-state index contributed by atoms with van der Waals surface area (Å²) in [6.45, 7) is 5.03. The van der Waals surface area contributed by atoms with Crippen molar-refractivity contribution in [3.05, 3.63) is 54.1 Å². The van der Waals surface area contributed by atoms with E-state index >= 15 is 0 Å². The van der Waals surface area contributed by atoms with Crippen molar-refractivity contribution in [3.63, 3.8) is 0 Å². The molecule has 0 amide bonds. The van der Waals surface area contributed by atoms with Gasteiger partial charge in [-0.3, -0.25) is 0 Å². The topological polar surface area (TPSA) is 35.5 Å². The van der Waals surface area contributed by atoms with E-state index in [2.05, 4.69) is 55.5 Å². The smallest absolute Gasteiger partial charge is 0.340 e. The lowest BCUT2D eigenvalue weighted by Gasteiger charge is -2.29. The summed E-state index contributed by atoms with van der Waals surface area (Å²) >= 11 is 0. The van der Waals surface area contributed by atoms with Gasteiger partial charge in [0.2, 0.25) is 0 Å². The van der Waals surface area contributed by atoms with E-state index < -0.39 is 12.1 Å². The summed E-state index contributed by atoms with van der Waals surface area (Å²) in [5.74, 6) is 0.730. The summed E-state index contributed by atoms with van der Waals surface area (Å²) in [7, 11) is 0. The van der Waals surface area contributed by atoms with E-state index in [-0.39, 0.29) is 12.5 Å². The Kier molecular flexibility index (Phi) is 12.3. The number of benzene rings is 2. The van der Waals surface area contributed by atoms with Crippen LogP contribution in [0.2, 0.25) is 0 Å². The molecule has 0 radical (unpaired) electrons. The molecule has 36 heavy (non-hydrogen) atoms. The molecule has 1 aliphatic carbocycles. The first-order valence-electron chi connectivity index (χ1n) is 14.3.